The van der Waals surface area contributed by atoms with Gasteiger partial charge in [-0.15, -0.1) is 5.10 Å². The van der Waals surface area contributed by atoms with E-state index in [1.165, 1.54) is 17.3 Å². The number of carbonyl (C=O) groups is 1. The quantitative estimate of drug-likeness (QED) is 0.350. The Labute approximate surface area is 194 Å². The number of amides is 1. The van der Waals surface area contributed by atoms with E-state index in [0.29, 0.717) is 45.6 Å². The Bertz CT molecular complexity index is 1220. The van der Waals surface area contributed by atoms with Crippen LogP contribution in [-0.4, -0.2) is 31.2 Å². The number of thioether (sulfide) groups is 1. The average molecular weight is 469 g/mol. The molecule has 0 unspecified atom stereocenters. The van der Waals surface area contributed by atoms with Gasteiger partial charge in [0, 0.05) is 29.1 Å². The Morgan fingerprint density at radius 2 is 1.97 bits per heavy atom. The summed E-state index contributed by atoms with van der Waals surface area (Å²) in [4.78, 5) is 21.1. The topological polar surface area (TPSA) is 110 Å². The van der Waals surface area contributed by atoms with Crippen LogP contribution in [0.15, 0.2) is 52.1 Å². The van der Waals surface area contributed by atoms with E-state index in [-0.39, 0.29) is 12.3 Å². The van der Waals surface area contributed by atoms with Crippen LogP contribution in [0.3, 0.4) is 0 Å². The normalized spacial score (nSPS) is 11.0. The van der Waals surface area contributed by atoms with Gasteiger partial charge in [-0.3, -0.25) is 9.89 Å². The van der Waals surface area contributed by atoms with Crippen molar-refractivity contribution in [3.63, 3.8) is 0 Å². The summed E-state index contributed by atoms with van der Waals surface area (Å²) in [6.07, 6.45) is 0.572. The van der Waals surface area contributed by atoms with Gasteiger partial charge in [0.1, 0.15) is 0 Å². The second-order valence-electron chi connectivity index (χ2n) is 7.23. The molecule has 2 aromatic heterocycles. The Kier molecular flexibility index (Phi) is 6.87. The molecular formula is C22H21ClN6O2S. The number of hydrogen-bond donors (Lipinski definition) is 2. The number of aromatic nitrogens is 5. The van der Waals surface area contributed by atoms with Crippen LogP contribution in [0.1, 0.15) is 29.3 Å². The van der Waals surface area contributed by atoms with Crippen molar-refractivity contribution in [1.82, 2.24) is 25.3 Å². The van der Waals surface area contributed by atoms with Crippen LogP contribution in [-0.2, 0) is 17.0 Å². The summed E-state index contributed by atoms with van der Waals surface area (Å²) in [5, 5.41) is 15.2. The molecule has 0 bridgehead atoms. The summed E-state index contributed by atoms with van der Waals surface area (Å²) in [5.41, 5.74) is 3.80. The summed E-state index contributed by atoms with van der Waals surface area (Å²) in [6.45, 7) is 3.95. The van der Waals surface area contributed by atoms with Crippen LogP contribution >= 0.6 is 23.4 Å². The molecule has 2 aromatic carbocycles. The van der Waals surface area contributed by atoms with Crippen molar-refractivity contribution in [2.45, 2.75) is 37.6 Å². The van der Waals surface area contributed by atoms with Crippen LogP contribution in [0.2, 0.25) is 5.02 Å². The molecule has 32 heavy (non-hydrogen) atoms. The largest absolute Gasteiger partial charge is 0.339 e. The van der Waals surface area contributed by atoms with Crippen molar-refractivity contribution in [2.75, 3.05) is 5.32 Å². The van der Waals surface area contributed by atoms with Crippen molar-refractivity contribution < 1.29 is 9.32 Å². The maximum absolute atomic E-state index is 12.2. The second kappa shape index (κ2) is 9.97. The van der Waals surface area contributed by atoms with Crippen LogP contribution in [0.25, 0.3) is 11.4 Å². The fourth-order valence-electron chi connectivity index (χ4n) is 2.89. The van der Waals surface area contributed by atoms with Crippen molar-refractivity contribution in [2.24, 2.45) is 0 Å². The zero-order chi connectivity index (χ0) is 22.5. The number of nitrogens with zero attached hydrogens (tertiary/aromatic N) is 4. The predicted octanol–water partition coefficient (Wildman–Crippen LogP) is 4.99. The number of halogens is 1. The van der Waals surface area contributed by atoms with Gasteiger partial charge in [-0.25, -0.2) is 4.98 Å². The fraction of sp³-hybridized carbons (Fsp3) is 0.227. The summed E-state index contributed by atoms with van der Waals surface area (Å²) < 4.78 is 5.26. The van der Waals surface area contributed by atoms with Crippen molar-refractivity contribution in [3.05, 3.63) is 70.3 Å². The molecule has 0 aliphatic carbocycles. The van der Waals surface area contributed by atoms with Crippen LogP contribution in [0.5, 0.6) is 0 Å². The molecule has 2 N–H and O–H groups in total. The van der Waals surface area contributed by atoms with Crippen LogP contribution in [0.4, 0.5) is 5.69 Å². The number of anilines is 1. The minimum Gasteiger partial charge on any atom is -0.339 e. The molecule has 0 saturated heterocycles. The lowest BCUT2D eigenvalue weighted by atomic mass is 10.1. The van der Waals surface area contributed by atoms with E-state index in [9.17, 15) is 4.79 Å². The Morgan fingerprint density at radius 1 is 1.16 bits per heavy atom. The Hall–Kier alpha value is -3.17. The molecule has 0 aliphatic rings. The monoisotopic (exact) mass is 468 g/mol. The third-order valence-corrected chi connectivity index (χ3v) is 5.75. The highest BCUT2D eigenvalue weighted by molar-refractivity contribution is 7.98. The number of H-pyrrole nitrogens is 1. The number of nitrogens with one attached hydrogen (secondary N) is 2. The highest BCUT2D eigenvalue weighted by Gasteiger charge is 2.12. The molecule has 8 nitrogen and oxygen atoms in total. The summed E-state index contributed by atoms with van der Waals surface area (Å²) >= 11 is 7.40. The van der Waals surface area contributed by atoms with E-state index in [1.54, 1.807) is 12.1 Å². The zero-order valence-corrected chi connectivity index (χ0v) is 19.1. The lowest BCUT2D eigenvalue weighted by molar-refractivity contribution is -0.116. The van der Waals surface area contributed by atoms with E-state index in [0.717, 1.165) is 11.1 Å². The minimum absolute atomic E-state index is 0.145. The number of hydrogen-bond acceptors (Lipinski definition) is 7. The first-order valence-corrected chi connectivity index (χ1v) is 11.3. The van der Waals surface area contributed by atoms with Crippen LogP contribution in [0, 0.1) is 13.8 Å². The smallest absolute Gasteiger partial charge is 0.227 e. The molecule has 0 radical (unpaired) electrons. The van der Waals surface area contributed by atoms with Gasteiger partial charge in [-0.05, 0) is 31.5 Å². The highest BCUT2D eigenvalue weighted by atomic mass is 35.5. The molecule has 1 amide bonds. The number of rotatable bonds is 8. The Morgan fingerprint density at radius 3 is 2.78 bits per heavy atom. The van der Waals surface area contributed by atoms with Gasteiger partial charge in [-0.1, -0.05) is 64.4 Å². The molecule has 10 heteroatoms. The van der Waals surface area contributed by atoms with Crippen molar-refractivity contribution in [3.8, 4) is 11.4 Å². The maximum atomic E-state index is 12.2. The molecular weight excluding hydrogens is 448 g/mol. The first kappa shape index (κ1) is 22.0. The summed E-state index contributed by atoms with van der Waals surface area (Å²) in [6, 6.07) is 13.4. The van der Waals surface area contributed by atoms with Gasteiger partial charge in [0.05, 0.1) is 5.75 Å². The van der Waals surface area contributed by atoms with Crippen LogP contribution < -0.4 is 5.32 Å². The predicted molar refractivity (Wildman–Crippen MR) is 124 cm³/mol. The number of carbonyl (C=O) groups excluding carboxylic acids is 1. The van der Waals surface area contributed by atoms with Gasteiger partial charge >= 0.3 is 0 Å². The third-order valence-electron chi connectivity index (χ3n) is 4.67. The van der Waals surface area contributed by atoms with E-state index >= 15 is 0 Å². The average Bonchev–Trinajstić information content (AvgIpc) is 3.43. The fourth-order valence-corrected chi connectivity index (χ4v) is 3.71. The molecule has 0 saturated carbocycles. The molecule has 0 atom stereocenters. The molecule has 0 fully saturated rings. The zero-order valence-electron chi connectivity index (χ0n) is 17.6. The van der Waals surface area contributed by atoms with Gasteiger partial charge in [-0.2, -0.15) is 4.98 Å². The van der Waals surface area contributed by atoms with E-state index < -0.39 is 0 Å². The maximum Gasteiger partial charge on any atom is 0.227 e. The number of benzene rings is 2. The first-order valence-electron chi connectivity index (χ1n) is 9.96. The molecule has 0 spiro atoms. The van der Waals surface area contributed by atoms with Crippen molar-refractivity contribution >= 4 is 35.0 Å². The summed E-state index contributed by atoms with van der Waals surface area (Å²) in [7, 11) is 0. The standard InChI is InChI=1S/C22H21ClN6O2S/c1-13-3-6-15(7-4-13)21-26-22(28-27-21)32-12-18-25-20(31-29-18)10-9-19(30)24-17-11-16(23)8-5-14(17)2/h3-8,11H,9-10,12H2,1-2H3,(H,24,30)(H,26,27,28). The number of aromatic amines is 1. The van der Waals surface area contributed by atoms with Gasteiger partial charge in [0.2, 0.25) is 17.0 Å². The minimum atomic E-state index is -0.145. The van der Waals surface area contributed by atoms with Gasteiger partial charge < -0.3 is 9.84 Å². The molecule has 4 rings (SSSR count). The molecule has 4 aromatic rings. The molecule has 164 valence electrons. The lowest BCUT2D eigenvalue weighted by Gasteiger charge is -2.08. The highest BCUT2D eigenvalue weighted by Crippen LogP contribution is 2.22. The van der Waals surface area contributed by atoms with Gasteiger partial charge in [0.25, 0.3) is 0 Å². The molecule has 2 heterocycles. The first-order chi connectivity index (χ1) is 15.5. The SMILES string of the molecule is Cc1ccc(-c2nc(SCc3noc(CCC(=O)Nc4cc(Cl)ccc4C)n3)n[nH]2)cc1. The van der Waals surface area contributed by atoms with Crippen molar-refractivity contribution in [1.29, 1.82) is 0 Å². The molecule has 0 aliphatic heterocycles. The van der Waals surface area contributed by atoms with E-state index in [2.05, 4.69) is 30.6 Å². The summed E-state index contributed by atoms with van der Waals surface area (Å²) in [5.74, 6) is 1.96. The third kappa shape index (κ3) is 5.74. The lowest BCUT2D eigenvalue weighted by Crippen LogP contribution is -2.13. The van der Waals surface area contributed by atoms with Gasteiger partial charge in [0.15, 0.2) is 11.6 Å². The Balaban J connectivity index is 1.26. The second-order valence-corrected chi connectivity index (χ2v) is 8.61. The number of aryl methyl sites for hydroxylation is 3. The van der Waals surface area contributed by atoms with E-state index in [4.69, 9.17) is 16.1 Å². The van der Waals surface area contributed by atoms with E-state index in [1.807, 2.05) is 44.2 Å².